The van der Waals surface area contributed by atoms with E-state index in [0.717, 1.165) is 4.57 Å². The molecule has 0 saturated carbocycles. The van der Waals surface area contributed by atoms with E-state index >= 15 is 0 Å². The molecule has 0 aliphatic heterocycles. The Morgan fingerprint density at radius 3 is 2.50 bits per heavy atom. The predicted molar refractivity (Wildman–Crippen MR) is 85.5 cm³/mol. The van der Waals surface area contributed by atoms with Crippen molar-refractivity contribution in [2.24, 2.45) is 0 Å². The zero-order valence-electron chi connectivity index (χ0n) is 11.9. The molecule has 0 radical (unpaired) electrons. The van der Waals surface area contributed by atoms with Gasteiger partial charge >= 0.3 is 6.18 Å². The van der Waals surface area contributed by atoms with Crippen LogP contribution in [-0.4, -0.2) is 15.3 Å². The fourth-order valence-corrected chi connectivity index (χ4v) is 2.91. The van der Waals surface area contributed by atoms with Crippen molar-refractivity contribution in [2.75, 3.05) is 0 Å². The van der Waals surface area contributed by atoms with E-state index in [1.54, 1.807) is 12.1 Å². The van der Waals surface area contributed by atoms with Gasteiger partial charge in [-0.1, -0.05) is 35.3 Å². The zero-order chi connectivity index (χ0) is 17.5. The summed E-state index contributed by atoms with van der Waals surface area (Å²) in [5, 5.41) is 0.422. The molecule has 0 aliphatic carbocycles. The number of hydrogen-bond acceptors (Lipinski definition) is 2. The summed E-state index contributed by atoms with van der Waals surface area (Å²) in [6, 6.07) is 10.3. The number of alkyl halides is 3. The SMILES string of the molecule is O=C(Cn1c(C(F)(F)F)nc2ccccc21)c1ccc(Cl)cc1Cl. The molecule has 0 aliphatic rings. The number of ketones is 1. The van der Waals surface area contributed by atoms with Gasteiger partial charge in [0.15, 0.2) is 5.78 Å². The lowest BCUT2D eigenvalue weighted by Gasteiger charge is -2.11. The maximum Gasteiger partial charge on any atom is 0.449 e. The van der Waals surface area contributed by atoms with Crippen molar-refractivity contribution in [2.45, 2.75) is 12.7 Å². The van der Waals surface area contributed by atoms with E-state index in [1.807, 2.05) is 0 Å². The first-order valence-corrected chi connectivity index (χ1v) is 7.53. The molecule has 24 heavy (non-hydrogen) atoms. The molecule has 0 saturated heterocycles. The number of carbonyl (C=O) groups excluding carboxylic acids is 1. The molecule has 0 atom stereocenters. The lowest BCUT2D eigenvalue weighted by atomic mass is 10.1. The Hall–Kier alpha value is -2.05. The van der Waals surface area contributed by atoms with Gasteiger partial charge in [0.2, 0.25) is 5.82 Å². The second-order valence-corrected chi connectivity index (χ2v) is 5.90. The van der Waals surface area contributed by atoms with E-state index in [9.17, 15) is 18.0 Å². The van der Waals surface area contributed by atoms with Crippen molar-refractivity contribution >= 4 is 40.0 Å². The number of fused-ring (bicyclic) bond motifs is 1. The molecule has 0 N–H and O–H groups in total. The summed E-state index contributed by atoms with van der Waals surface area (Å²) in [5.41, 5.74) is 0.495. The number of benzene rings is 2. The second-order valence-electron chi connectivity index (χ2n) is 5.06. The standard InChI is InChI=1S/C16H9Cl2F3N2O/c17-9-5-6-10(11(18)7-9)14(24)8-23-13-4-2-1-3-12(13)22-15(23)16(19,20)21/h1-7H,8H2. The number of para-hydroxylation sites is 2. The van der Waals surface area contributed by atoms with Gasteiger partial charge in [-0.25, -0.2) is 4.98 Å². The fraction of sp³-hybridized carbons (Fsp3) is 0.125. The highest BCUT2D eigenvalue weighted by atomic mass is 35.5. The van der Waals surface area contributed by atoms with Crippen LogP contribution >= 0.6 is 23.2 Å². The minimum atomic E-state index is -4.68. The van der Waals surface area contributed by atoms with E-state index < -0.39 is 24.3 Å². The van der Waals surface area contributed by atoms with Crippen LogP contribution in [-0.2, 0) is 12.7 Å². The number of hydrogen-bond donors (Lipinski definition) is 0. The molecule has 0 amide bonds. The quantitative estimate of drug-likeness (QED) is 0.588. The lowest BCUT2D eigenvalue weighted by Crippen LogP contribution is -2.19. The largest absolute Gasteiger partial charge is 0.449 e. The van der Waals surface area contributed by atoms with Crippen molar-refractivity contribution in [3.63, 3.8) is 0 Å². The molecule has 0 spiro atoms. The average molecular weight is 373 g/mol. The first kappa shape index (κ1) is 16.8. The minimum absolute atomic E-state index is 0.0884. The summed E-state index contributed by atoms with van der Waals surface area (Å²) < 4.78 is 40.6. The Labute approximate surface area is 144 Å². The minimum Gasteiger partial charge on any atom is -0.312 e. The molecular formula is C16H9Cl2F3N2O. The number of aromatic nitrogens is 2. The maximum atomic E-state index is 13.2. The molecule has 3 nitrogen and oxygen atoms in total. The van der Waals surface area contributed by atoms with Gasteiger partial charge in [0.25, 0.3) is 0 Å². The van der Waals surface area contributed by atoms with Crippen LogP contribution in [0.3, 0.4) is 0 Å². The van der Waals surface area contributed by atoms with Crippen molar-refractivity contribution in [3.8, 4) is 0 Å². The first-order chi connectivity index (χ1) is 11.3. The van der Waals surface area contributed by atoms with Crippen LogP contribution < -0.4 is 0 Å². The molecule has 3 aromatic rings. The van der Waals surface area contributed by atoms with Crippen LogP contribution in [0.4, 0.5) is 13.2 Å². The number of carbonyl (C=O) groups is 1. The smallest absolute Gasteiger partial charge is 0.312 e. The Bertz CT molecular complexity index is 935. The molecule has 8 heteroatoms. The zero-order valence-corrected chi connectivity index (χ0v) is 13.5. The summed E-state index contributed by atoms with van der Waals surface area (Å²) in [6.07, 6.45) is -4.68. The molecule has 1 aromatic heterocycles. The van der Waals surface area contributed by atoms with Crippen LogP contribution in [0.25, 0.3) is 11.0 Å². The van der Waals surface area contributed by atoms with Crippen molar-refractivity contribution in [3.05, 3.63) is 63.9 Å². The van der Waals surface area contributed by atoms with Gasteiger partial charge in [-0.3, -0.25) is 4.79 Å². The van der Waals surface area contributed by atoms with E-state index in [1.165, 1.54) is 30.3 Å². The third kappa shape index (κ3) is 3.12. The van der Waals surface area contributed by atoms with E-state index in [0.29, 0.717) is 5.02 Å². The molecule has 0 unspecified atom stereocenters. The highest BCUT2D eigenvalue weighted by molar-refractivity contribution is 6.36. The Morgan fingerprint density at radius 2 is 1.83 bits per heavy atom. The summed E-state index contributed by atoms with van der Waals surface area (Å²) in [5.74, 6) is -1.69. The summed E-state index contributed by atoms with van der Waals surface area (Å²) in [7, 11) is 0. The van der Waals surface area contributed by atoms with E-state index in [2.05, 4.69) is 4.98 Å². The summed E-state index contributed by atoms with van der Waals surface area (Å²) >= 11 is 11.7. The number of Topliss-reactive ketones (excluding diaryl/α,β-unsaturated/α-hetero) is 1. The number of halogens is 5. The maximum absolute atomic E-state index is 13.2. The molecule has 2 aromatic carbocycles. The van der Waals surface area contributed by atoms with Crippen LogP contribution in [0.1, 0.15) is 16.2 Å². The van der Waals surface area contributed by atoms with Gasteiger partial charge < -0.3 is 4.57 Å². The van der Waals surface area contributed by atoms with Gasteiger partial charge in [-0.2, -0.15) is 13.2 Å². The normalized spacial score (nSPS) is 11.9. The Kier molecular flexibility index (Phi) is 4.27. The Morgan fingerprint density at radius 1 is 1.12 bits per heavy atom. The van der Waals surface area contributed by atoms with Crippen LogP contribution in [0.15, 0.2) is 42.5 Å². The molecule has 0 bridgehead atoms. The fourth-order valence-electron chi connectivity index (χ4n) is 2.40. The molecule has 124 valence electrons. The average Bonchev–Trinajstić information content (AvgIpc) is 2.86. The van der Waals surface area contributed by atoms with Crippen LogP contribution in [0.5, 0.6) is 0 Å². The third-order valence-electron chi connectivity index (χ3n) is 3.44. The third-order valence-corrected chi connectivity index (χ3v) is 3.99. The molecule has 1 heterocycles. The monoisotopic (exact) mass is 372 g/mol. The highest BCUT2D eigenvalue weighted by Crippen LogP contribution is 2.32. The van der Waals surface area contributed by atoms with E-state index in [4.69, 9.17) is 23.2 Å². The molecule has 0 fully saturated rings. The molecule has 3 rings (SSSR count). The van der Waals surface area contributed by atoms with Crippen LogP contribution in [0, 0.1) is 0 Å². The highest BCUT2D eigenvalue weighted by Gasteiger charge is 2.38. The van der Waals surface area contributed by atoms with Crippen LogP contribution in [0.2, 0.25) is 10.0 Å². The molecular weight excluding hydrogens is 364 g/mol. The number of imidazole rings is 1. The van der Waals surface area contributed by atoms with Gasteiger partial charge in [-0.05, 0) is 30.3 Å². The first-order valence-electron chi connectivity index (χ1n) is 6.78. The van der Waals surface area contributed by atoms with Gasteiger partial charge in [0, 0.05) is 10.6 Å². The lowest BCUT2D eigenvalue weighted by molar-refractivity contribution is -0.146. The van der Waals surface area contributed by atoms with Crippen molar-refractivity contribution in [1.29, 1.82) is 0 Å². The van der Waals surface area contributed by atoms with E-state index in [-0.39, 0.29) is 21.6 Å². The van der Waals surface area contributed by atoms with Gasteiger partial charge in [0.1, 0.15) is 0 Å². The van der Waals surface area contributed by atoms with Crippen molar-refractivity contribution < 1.29 is 18.0 Å². The summed E-state index contributed by atoms with van der Waals surface area (Å²) in [4.78, 5) is 16.0. The Balaban J connectivity index is 2.07. The number of rotatable bonds is 3. The predicted octanol–water partition coefficient (Wildman–Crippen LogP) is 5.24. The second kappa shape index (κ2) is 6.11. The topological polar surface area (TPSA) is 34.9 Å². The van der Waals surface area contributed by atoms with Gasteiger partial charge in [0.05, 0.1) is 22.6 Å². The number of nitrogens with zero attached hydrogens (tertiary/aromatic N) is 2. The summed E-state index contributed by atoms with van der Waals surface area (Å²) in [6.45, 7) is -0.531. The van der Waals surface area contributed by atoms with Gasteiger partial charge in [-0.15, -0.1) is 0 Å². The van der Waals surface area contributed by atoms with Crippen molar-refractivity contribution in [1.82, 2.24) is 9.55 Å².